The molecule has 0 saturated carbocycles. The third-order valence-electron chi connectivity index (χ3n) is 11.0. The van der Waals surface area contributed by atoms with Gasteiger partial charge in [-0.25, -0.2) is 0 Å². The molecule has 0 unspecified atom stereocenters. The molecule has 0 bridgehead atoms. The van der Waals surface area contributed by atoms with Crippen molar-refractivity contribution < 1.29 is 20.8 Å². The van der Waals surface area contributed by atoms with Crippen molar-refractivity contribution in [3.63, 3.8) is 0 Å². The summed E-state index contributed by atoms with van der Waals surface area (Å²) in [6.07, 6.45) is 6.81. The standard InChI is InChI=1S/2C28H29.C2H6Si.2ClH.Zr/c2*1-4-10-23-15-16-24-18-21(17-20(2)3)19-27(24)28(23)26-14-9-8-13-25(26)22-11-6-5-7-12-22;1-3-2;;;/h2*5-9,11-16,18-20H,4,10,17H2,1-3H3;1-2H3;2*1H;/q2*-1;;;;+4/p-2. The molecule has 0 nitrogen and oxygen atoms in total. The predicted octanol–water partition coefficient (Wildman–Crippen LogP) is 18.3. The summed E-state index contributed by atoms with van der Waals surface area (Å²) in [5.41, 5.74) is 16.6. The van der Waals surface area contributed by atoms with Crippen LogP contribution in [0.4, 0.5) is 0 Å². The second kappa shape index (κ2) is 25.5. The van der Waals surface area contributed by atoms with Crippen LogP contribution in [0.15, 0.2) is 158 Å². The molecule has 2 radical (unpaired) electrons. The normalized spacial score (nSPS) is 10.8. The number of halogens is 2. The van der Waals surface area contributed by atoms with Crippen LogP contribution in [0.2, 0.25) is 13.1 Å². The van der Waals surface area contributed by atoms with Crippen LogP contribution in [0.1, 0.15) is 76.6 Å². The van der Waals surface area contributed by atoms with Crippen molar-refractivity contribution in [3.05, 3.63) is 180 Å². The van der Waals surface area contributed by atoms with Crippen molar-refractivity contribution in [1.82, 2.24) is 0 Å². The Hall–Kier alpha value is -3.78. The van der Waals surface area contributed by atoms with E-state index < -0.39 is 20.8 Å². The molecule has 8 rings (SSSR count). The third-order valence-corrected chi connectivity index (χ3v) is 11.0. The Morgan fingerprint density at radius 2 is 0.806 bits per heavy atom. The van der Waals surface area contributed by atoms with E-state index in [-0.39, 0.29) is 0 Å². The van der Waals surface area contributed by atoms with Gasteiger partial charge in [-0.05, 0) is 70.9 Å². The number of hydrogen-bond donors (Lipinski definition) is 0. The van der Waals surface area contributed by atoms with E-state index in [9.17, 15) is 0 Å². The number of rotatable bonds is 12. The van der Waals surface area contributed by atoms with Gasteiger partial charge in [0, 0.05) is 9.52 Å². The van der Waals surface area contributed by atoms with Crippen LogP contribution in [0.25, 0.3) is 66.1 Å². The monoisotopic (exact) mass is 948 g/mol. The molecule has 0 amide bonds. The Balaban J connectivity index is 0.000000208. The first kappa shape index (κ1) is 49.2. The van der Waals surface area contributed by atoms with Crippen molar-refractivity contribution in [2.45, 2.75) is 93.2 Å². The first-order valence-corrected chi connectivity index (χ1v) is 30.8. The Morgan fingerprint density at radius 3 is 1.13 bits per heavy atom. The molecule has 0 aliphatic rings. The average molecular weight is 951 g/mol. The summed E-state index contributed by atoms with van der Waals surface area (Å²) in [5, 5.41) is 5.55. The van der Waals surface area contributed by atoms with Crippen LogP contribution >= 0.6 is 17.0 Å². The molecule has 318 valence electrons. The molecule has 0 saturated heterocycles. The van der Waals surface area contributed by atoms with E-state index in [2.05, 4.69) is 212 Å². The van der Waals surface area contributed by atoms with Gasteiger partial charge in [0.1, 0.15) is 0 Å². The maximum absolute atomic E-state index is 4.93. The van der Waals surface area contributed by atoms with Gasteiger partial charge in [0.15, 0.2) is 0 Å². The van der Waals surface area contributed by atoms with Gasteiger partial charge in [0.25, 0.3) is 0 Å². The Morgan fingerprint density at radius 1 is 0.484 bits per heavy atom. The van der Waals surface area contributed by atoms with E-state index in [1.807, 2.05) is 0 Å². The summed E-state index contributed by atoms with van der Waals surface area (Å²) < 4.78 is 0. The quantitative estimate of drug-likeness (QED) is 0.0846. The Bertz CT molecular complexity index is 2370. The Kier molecular flexibility index (Phi) is 20.2. The molecule has 0 aliphatic heterocycles. The molecule has 8 aromatic carbocycles. The molecule has 0 heterocycles. The minimum absolute atomic E-state index is 0.673. The second-order valence-corrected chi connectivity index (χ2v) is 21.8. The van der Waals surface area contributed by atoms with Crippen LogP contribution < -0.4 is 0 Å². The van der Waals surface area contributed by atoms with E-state index in [4.69, 9.17) is 17.0 Å². The van der Waals surface area contributed by atoms with Crippen molar-refractivity contribution in [3.8, 4) is 44.5 Å². The summed E-state index contributed by atoms with van der Waals surface area (Å²) in [7, 11) is 11.0. The van der Waals surface area contributed by atoms with E-state index in [0.717, 1.165) is 48.0 Å². The topological polar surface area (TPSA) is 0 Å². The van der Waals surface area contributed by atoms with Gasteiger partial charge in [-0.3, -0.25) is 0 Å². The van der Waals surface area contributed by atoms with Crippen LogP contribution in [0, 0.1) is 11.8 Å². The van der Waals surface area contributed by atoms with Gasteiger partial charge >= 0.3 is 37.9 Å². The molecule has 0 aromatic heterocycles. The molecule has 8 aromatic rings. The maximum atomic E-state index is 4.93. The first-order valence-electron chi connectivity index (χ1n) is 22.4. The van der Waals surface area contributed by atoms with Gasteiger partial charge in [0.2, 0.25) is 0 Å². The van der Waals surface area contributed by atoms with E-state index in [1.165, 1.54) is 88.3 Å². The fourth-order valence-corrected chi connectivity index (χ4v) is 8.69. The molecule has 4 heteroatoms. The fourth-order valence-electron chi connectivity index (χ4n) is 8.69. The van der Waals surface area contributed by atoms with Crippen molar-refractivity contribution in [2.75, 3.05) is 0 Å². The second-order valence-electron chi connectivity index (χ2n) is 17.0. The van der Waals surface area contributed by atoms with Crippen LogP contribution in [-0.4, -0.2) is 9.52 Å². The average Bonchev–Trinajstić information content (AvgIpc) is 3.88. The zero-order valence-electron chi connectivity index (χ0n) is 38.2. The number of hydrogen-bond acceptors (Lipinski definition) is 0. The van der Waals surface area contributed by atoms with Gasteiger partial charge in [-0.2, -0.15) is 12.1 Å². The minimum atomic E-state index is -0.826. The van der Waals surface area contributed by atoms with Crippen molar-refractivity contribution in [2.24, 2.45) is 11.8 Å². The van der Waals surface area contributed by atoms with Gasteiger partial charge in [-0.15, -0.1) is 69.1 Å². The molecule has 0 spiro atoms. The molecule has 62 heavy (non-hydrogen) atoms. The van der Waals surface area contributed by atoms with Crippen LogP contribution in [0.3, 0.4) is 0 Å². The summed E-state index contributed by atoms with van der Waals surface area (Å²) in [4.78, 5) is 0. The molecular weight excluding hydrogens is 887 g/mol. The molecule has 0 fully saturated rings. The van der Waals surface area contributed by atoms with Gasteiger partial charge in [0.05, 0.1) is 0 Å². The summed E-state index contributed by atoms with van der Waals surface area (Å²) >= 11 is -0.826. The van der Waals surface area contributed by atoms with Crippen LogP contribution in [-0.2, 0) is 46.5 Å². The predicted molar refractivity (Wildman–Crippen MR) is 275 cm³/mol. The van der Waals surface area contributed by atoms with E-state index >= 15 is 0 Å². The molecule has 0 atom stereocenters. The third kappa shape index (κ3) is 13.1. The number of aryl methyl sites for hydroxylation is 2. The molecular formula is C58H64Cl2SiZr. The van der Waals surface area contributed by atoms with E-state index in [1.54, 1.807) is 0 Å². The van der Waals surface area contributed by atoms with Crippen molar-refractivity contribution >= 4 is 48.1 Å². The fraction of sp³-hybridized carbons (Fsp3) is 0.276. The first-order chi connectivity index (χ1) is 30.2. The zero-order valence-corrected chi connectivity index (χ0v) is 43.1. The molecule has 0 N–H and O–H groups in total. The van der Waals surface area contributed by atoms with Crippen molar-refractivity contribution in [1.29, 1.82) is 0 Å². The summed E-state index contributed by atoms with van der Waals surface area (Å²) in [5.74, 6) is 1.35. The van der Waals surface area contributed by atoms with Gasteiger partial charge in [-0.1, -0.05) is 199 Å². The molecule has 0 aliphatic carbocycles. The zero-order chi connectivity index (χ0) is 44.4. The number of benzene rings is 6. The summed E-state index contributed by atoms with van der Waals surface area (Å²) in [6, 6.07) is 58.3. The summed E-state index contributed by atoms with van der Waals surface area (Å²) in [6.45, 7) is 18.0. The Labute approximate surface area is 395 Å². The number of fused-ring (bicyclic) bond motifs is 2. The SMILES string of the molecule is CCCc1ccc2[cH-]c(CC(C)C)cc2c1-c1ccccc1-c1ccccc1.CCCc1ccc2[cH-]c(CC(C)C)cc2c1-c1ccccc1-c1ccccc1.C[Si]C.[Cl][Zr+2][Cl]. The van der Waals surface area contributed by atoms with E-state index in [0.29, 0.717) is 11.8 Å². The van der Waals surface area contributed by atoms with Crippen LogP contribution in [0.5, 0.6) is 0 Å². The van der Waals surface area contributed by atoms with Gasteiger partial charge < -0.3 is 0 Å².